The molecule has 0 unspecified atom stereocenters. The molecule has 90 valence electrons. The summed E-state index contributed by atoms with van der Waals surface area (Å²) >= 11 is 3.14. The van der Waals surface area contributed by atoms with Gasteiger partial charge in [-0.25, -0.2) is 4.98 Å². The molecule has 0 radical (unpaired) electrons. The van der Waals surface area contributed by atoms with Gasteiger partial charge in [0, 0.05) is 6.42 Å². The first-order chi connectivity index (χ1) is 8.20. The molecule has 1 N–H and O–H groups in total. The second kappa shape index (κ2) is 5.18. The van der Waals surface area contributed by atoms with Crippen LogP contribution in [0.25, 0.3) is 0 Å². The molecule has 5 nitrogen and oxygen atoms in total. The van der Waals surface area contributed by atoms with Crippen molar-refractivity contribution in [2.24, 2.45) is 0 Å². The molecule has 0 aliphatic rings. The number of hydrogen-bond acceptors (Lipinski definition) is 4. The number of amides is 1. The fourth-order valence-electron chi connectivity index (χ4n) is 1.30. The molecule has 6 heteroatoms. The molecule has 0 aromatic carbocycles. The molecule has 2 aromatic rings. The van der Waals surface area contributed by atoms with Crippen LogP contribution in [0.3, 0.4) is 0 Å². The Morgan fingerprint density at radius 2 is 2.41 bits per heavy atom. The average molecular weight is 299 g/mol. The number of aromatic nitrogens is 1. The van der Waals surface area contributed by atoms with E-state index in [1.54, 1.807) is 12.3 Å². The van der Waals surface area contributed by atoms with Crippen LogP contribution in [-0.2, 0) is 13.0 Å². The quantitative estimate of drug-likeness (QED) is 0.942. The van der Waals surface area contributed by atoms with Crippen molar-refractivity contribution in [3.63, 3.8) is 0 Å². The third kappa shape index (κ3) is 2.76. The van der Waals surface area contributed by atoms with E-state index in [0.717, 1.165) is 12.2 Å². The summed E-state index contributed by atoms with van der Waals surface area (Å²) in [7, 11) is 0. The van der Waals surface area contributed by atoms with Crippen LogP contribution in [-0.4, -0.2) is 10.9 Å². The summed E-state index contributed by atoms with van der Waals surface area (Å²) in [6.07, 6.45) is 3.89. The summed E-state index contributed by atoms with van der Waals surface area (Å²) in [4.78, 5) is 15.8. The maximum Gasteiger partial charge on any atom is 0.256 e. The van der Waals surface area contributed by atoms with E-state index in [4.69, 9.17) is 8.83 Å². The molecule has 0 aliphatic carbocycles. The Balaban J connectivity index is 1.94. The van der Waals surface area contributed by atoms with Gasteiger partial charge in [-0.3, -0.25) is 4.79 Å². The summed E-state index contributed by atoms with van der Waals surface area (Å²) in [5.41, 5.74) is 0.451. The van der Waals surface area contributed by atoms with Gasteiger partial charge in [-0.05, 0) is 22.0 Å². The Morgan fingerprint density at radius 1 is 1.59 bits per heavy atom. The minimum Gasteiger partial charge on any atom is -0.457 e. The van der Waals surface area contributed by atoms with Crippen LogP contribution in [0.1, 0.15) is 28.9 Å². The molecule has 2 aromatic heterocycles. The van der Waals surface area contributed by atoms with Crippen LogP contribution in [0, 0.1) is 0 Å². The average Bonchev–Trinajstić information content (AvgIpc) is 2.94. The summed E-state index contributed by atoms with van der Waals surface area (Å²) in [5.74, 6) is 1.07. The van der Waals surface area contributed by atoms with E-state index in [0.29, 0.717) is 16.1 Å². The molecule has 17 heavy (non-hydrogen) atoms. The third-order valence-electron chi connectivity index (χ3n) is 2.21. The Morgan fingerprint density at radius 3 is 3.00 bits per heavy atom. The van der Waals surface area contributed by atoms with Gasteiger partial charge in [0.25, 0.3) is 5.91 Å². The van der Waals surface area contributed by atoms with Gasteiger partial charge in [0.2, 0.25) is 5.89 Å². The van der Waals surface area contributed by atoms with Crippen LogP contribution < -0.4 is 5.32 Å². The highest BCUT2D eigenvalue weighted by Gasteiger charge is 2.13. The van der Waals surface area contributed by atoms with E-state index < -0.39 is 0 Å². The van der Waals surface area contributed by atoms with Crippen molar-refractivity contribution < 1.29 is 13.6 Å². The lowest BCUT2D eigenvalue weighted by atomic mass is 10.3. The number of carbonyl (C=O) groups excluding carboxylic acids is 1. The lowest BCUT2D eigenvalue weighted by Crippen LogP contribution is -2.22. The first-order valence-corrected chi connectivity index (χ1v) is 5.94. The molecular weight excluding hydrogens is 288 g/mol. The van der Waals surface area contributed by atoms with Gasteiger partial charge in [0.05, 0.1) is 24.6 Å². The number of nitrogens with one attached hydrogen (secondary N) is 1. The highest BCUT2D eigenvalue weighted by atomic mass is 79.9. The Bertz CT molecular complexity index is 518. The summed E-state index contributed by atoms with van der Waals surface area (Å²) in [6.45, 7) is 2.24. The van der Waals surface area contributed by atoms with Gasteiger partial charge in [0.1, 0.15) is 5.76 Å². The van der Waals surface area contributed by atoms with Crippen LogP contribution in [0.4, 0.5) is 0 Å². The zero-order valence-corrected chi connectivity index (χ0v) is 10.8. The van der Waals surface area contributed by atoms with Crippen molar-refractivity contribution in [1.29, 1.82) is 0 Å². The molecule has 0 saturated heterocycles. The summed E-state index contributed by atoms with van der Waals surface area (Å²) < 4.78 is 10.8. The molecule has 0 spiro atoms. The molecule has 0 fully saturated rings. The van der Waals surface area contributed by atoms with E-state index in [1.807, 2.05) is 6.92 Å². The number of nitrogens with zero attached hydrogens (tertiary/aromatic N) is 1. The predicted molar refractivity (Wildman–Crippen MR) is 63.5 cm³/mol. The number of aryl methyl sites for hydroxylation is 1. The minimum atomic E-state index is -0.234. The van der Waals surface area contributed by atoms with Crippen molar-refractivity contribution in [3.8, 4) is 0 Å². The van der Waals surface area contributed by atoms with Crippen molar-refractivity contribution in [2.75, 3.05) is 0 Å². The molecule has 1 amide bonds. The van der Waals surface area contributed by atoms with Crippen LogP contribution in [0.5, 0.6) is 0 Å². The molecule has 0 aliphatic heterocycles. The van der Waals surface area contributed by atoms with Crippen molar-refractivity contribution in [2.45, 2.75) is 19.9 Å². The van der Waals surface area contributed by atoms with Gasteiger partial charge < -0.3 is 14.2 Å². The first-order valence-electron chi connectivity index (χ1n) is 5.15. The van der Waals surface area contributed by atoms with Gasteiger partial charge in [-0.15, -0.1) is 0 Å². The first kappa shape index (κ1) is 11.9. The fourth-order valence-corrected chi connectivity index (χ4v) is 1.72. The number of furan rings is 1. The Labute approximate surface area is 106 Å². The minimum absolute atomic E-state index is 0.234. The Hall–Kier alpha value is -1.56. The van der Waals surface area contributed by atoms with Crippen molar-refractivity contribution >= 4 is 21.8 Å². The number of rotatable bonds is 4. The molecule has 0 saturated carbocycles. The van der Waals surface area contributed by atoms with E-state index in [9.17, 15) is 4.79 Å². The maximum atomic E-state index is 11.7. The lowest BCUT2D eigenvalue weighted by Gasteiger charge is -2.00. The van der Waals surface area contributed by atoms with Gasteiger partial charge >= 0.3 is 0 Å². The largest absolute Gasteiger partial charge is 0.457 e. The van der Waals surface area contributed by atoms with Crippen LogP contribution >= 0.6 is 15.9 Å². The van der Waals surface area contributed by atoms with Gasteiger partial charge in [-0.2, -0.15) is 0 Å². The fraction of sp³-hybridized carbons (Fsp3) is 0.273. The standard InChI is InChI=1S/C11H11BrN2O3/c1-2-7-5-13-9(17-7)6-14-11(15)8-3-4-16-10(8)12/h3-5H,2,6H2,1H3,(H,14,15). The van der Waals surface area contributed by atoms with Crippen LogP contribution in [0.15, 0.2) is 32.0 Å². The summed E-state index contributed by atoms with van der Waals surface area (Å²) in [6, 6.07) is 1.59. The van der Waals surface area contributed by atoms with Gasteiger partial charge in [0.15, 0.2) is 4.67 Å². The molecule has 0 atom stereocenters. The van der Waals surface area contributed by atoms with Gasteiger partial charge in [-0.1, -0.05) is 6.92 Å². The molecule has 2 rings (SSSR count). The highest BCUT2D eigenvalue weighted by molar-refractivity contribution is 9.10. The maximum absolute atomic E-state index is 11.7. The zero-order valence-electron chi connectivity index (χ0n) is 9.20. The molecule has 0 bridgehead atoms. The lowest BCUT2D eigenvalue weighted by molar-refractivity contribution is 0.0945. The second-order valence-corrected chi connectivity index (χ2v) is 4.08. The van der Waals surface area contributed by atoms with E-state index in [1.165, 1.54) is 6.26 Å². The van der Waals surface area contributed by atoms with Crippen molar-refractivity contribution in [3.05, 3.63) is 40.4 Å². The number of oxazole rings is 1. The van der Waals surface area contributed by atoms with Crippen LogP contribution in [0.2, 0.25) is 0 Å². The Kier molecular flexibility index (Phi) is 3.63. The van der Waals surface area contributed by atoms with E-state index in [-0.39, 0.29) is 12.5 Å². The number of hydrogen-bond donors (Lipinski definition) is 1. The van der Waals surface area contributed by atoms with Crippen molar-refractivity contribution in [1.82, 2.24) is 10.3 Å². The number of carbonyl (C=O) groups is 1. The smallest absolute Gasteiger partial charge is 0.256 e. The van der Waals surface area contributed by atoms with E-state index >= 15 is 0 Å². The highest BCUT2D eigenvalue weighted by Crippen LogP contribution is 2.17. The van der Waals surface area contributed by atoms with E-state index in [2.05, 4.69) is 26.2 Å². The molecule has 2 heterocycles. The molecular formula is C11H11BrN2O3. The topological polar surface area (TPSA) is 68.3 Å². The predicted octanol–water partition coefficient (Wildman–Crippen LogP) is 2.52. The second-order valence-electron chi connectivity index (χ2n) is 3.36. The summed E-state index contributed by atoms with van der Waals surface area (Å²) in [5, 5.41) is 2.69. The monoisotopic (exact) mass is 298 g/mol. The third-order valence-corrected chi connectivity index (χ3v) is 2.83. The zero-order chi connectivity index (χ0) is 12.3. The SMILES string of the molecule is CCc1cnc(CNC(=O)c2ccoc2Br)o1. The normalized spacial score (nSPS) is 10.5. The number of halogens is 1.